The van der Waals surface area contributed by atoms with Crippen LogP contribution in [-0.2, 0) is 14.3 Å². The number of nitrogens with one attached hydrogen (secondary N) is 1. The Morgan fingerprint density at radius 1 is 1.38 bits per heavy atom. The molecule has 1 heterocycles. The summed E-state index contributed by atoms with van der Waals surface area (Å²) >= 11 is 0. The molecule has 0 spiro atoms. The Morgan fingerprint density at radius 2 is 2.15 bits per heavy atom. The lowest BCUT2D eigenvalue weighted by molar-refractivity contribution is -0.129. The summed E-state index contributed by atoms with van der Waals surface area (Å²) in [5.74, 6) is -1.25. The predicted molar refractivity (Wildman–Crippen MR) is 90.3 cm³/mol. The van der Waals surface area contributed by atoms with E-state index in [4.69, 9.17) is 4.74 Å². The average Bonchev–Trinajstić information content (AvgIpc) is 2.96. The van der Waals surface area contributed by atoms with Crippen molar-refractivity contribution in [3.63, 3.8) is 0 Å². The maximum atomic E-state index is 14.6. The fourth-order valence-corrected chi connectivity index (χ4v) is 3.38. The third kappa shape index (κ3) is 3.85. The van der Waals surface area contributed by atoms with Gasteiger partial charge in [-0.05, 0) is 36.5 Å². The molecule has 2 fully saturated rings. The number of hydrogen-bond acceptors (Lipinski definition) is 5. The fraction of sp³-hybridized carbons (Fsp3) is 0.500. The molecule has 1 saturated carbocycles. The predicted octanol–water partition coefficient (Wildman–Crippen LogP) is 1.48. The van der Waals surface area contributed by atoms with Crippen LogP contribution in [0.15, 0.2) is 18.2 Å². The Balaban J connectivity index is 1.70. The number of aliphatic hydroxyl groups excluding tert-OH is 1. The molecule has 7 nitrogen and oxygen atoms in total. The Labute approximate surface area is 150 Å². The van der Waals surface area contributed by atoms with Crippen LogP contribution in [0.2, 0.25) is 0 Å². The molecule has 1 saturated heterocycles. The summed E-state index contributed by atoms with van der Waals surface area (Å²) in [4.78, 5) is 36.0. The molecule has 1 aromatic carbocycles. The van der Waals surface area contributed by atoms with E-state index < -0.39 is 24.1 Å². The van der Waals surface area contributed by atoms with E-state index in [1.54, 1.807) is 12.1 Å². The second-order valence-electron chi connectivity index (χ2n) is 6.72. The molecular formula is C18H21FN2O5. The lowest BCUT2D eigenvalue weighted by atomic mass is 9.82. The van der Waals surface area contributed by atoms with E-state index >= 15 is 0 Å². The van der Waals surface area contributed by atoms with Crippen molar-refractivity contribution in [2.24, 2.45) is 0 Å². The molecule has 1 aliphatic heterocycles. The number of Topliss-reactive ketones (excluding diaryl/α,β-unsaturated/α-hetero) is 1. The average molecular weight is 364 g/mol. The number of rotatable bonds is 4. The zero-order valence-corrected chi connectivity index (χ0v) is 14.4. The van der Waals surface area contributed by atoms with Crippen molar-refractivity contribution in [2.75, 3.05) is 18.0 Å². The van der Waals surface area contributed by atoms with Crippen LogP contribution in [0.5, 0.6) is 0 Å². The number of carbonyl (C=O) groups excluding carboxylic acids is 3. The van der Waals surface area contributed by atoms with Crippen molar-refractivity contribution >= 4 is 23.5 Å². The van der Waals surface area contributed by atoms with E-state index in [-0.39, 0.29) is 37.1 Å². The summed E-state index contributed by atoms with van der Waals surface area (Å²) in [5, 5.41) is 12.1. The molecule has 1 aliphatic carbocycles. The van der Waals surface area contributed by atoms with E-state index in [0.717, 1.165) is 0 Å². The van der Waals surface area contributed by atoms with E-state index in [1.165, 1.54) is 17.9 Å². The lowest BCUT2D eigenvalue weighted by Crippen LogP contribution is -2.33. The molecular weight excluding hydrogens is 343 g/mol. The molecule has 2 aliphatic rings. The molecule has 8 heteroatoms. The first-order valence-corrected chi connectivity index (χ1v) is 8.58. The van der Waals surface area contributed by atoms with Crippen molar-refractivity contribution in [3.8, 4) is 0 Å². The van der Waals surface area contributed by atoms with Crippen LogP contribution in [0, 0.1) is 5.82 Å². The number of ketones is 1. The minimum absolute atomic E-state index is 0.113. The van der Waals surface area contributed by atoms with Crippen LogP contribution in [0.3, 0.4) is 0 Å². The normalized spacial score (nSPS) is 26.0. The topological polar surface area (TPSA) is 95.9 Å². The van der Waals surface area contributed by atoms with Gasteiger partial charge in [0.05, 0.1) is 18.8 Å². The highest BCUT2D eigenvalue weighted by Gasteiger charge is 2.34. The number of carbonyl (C=O) groups is 3. The first-order chi connectivity index (χ1) is 12.3. The summed E-state index contributed by atoms with van der Waals surface area (Å²) < 4.78 is 19.7. The minimum atomic E-state index is -0.950. The van der Waals surface area contributed by atoms with Gasteiger partial charge in [-0.15, -0.1) is 0 Å². The van der Waals surface area contributed by atoms with Gasteiger partial charge in [0.15, 0.2) is 5.78 Å². The molecule has 2 N–H and O–H groups in total. The van der Waals surface area contributed by atoms with Gasteiger partial charge in [-0.25, -0.2) is 9.18 Å². The zero-order valence-electron chi connectivity index (χ0n) is 14.4. The van der Waals surface area contributed by atoms with Crippen molar-refractivity contribution in [1.29, 1.82) is 0 Å². The van der Waals surface area contributed by atoms with Crippen LogP contribution in [0.1, 0.15) is 37.7 Å². The Bertz CT molecular complexity index is 738. The van der Waals surface area contributed by atoms with Crippen LogP contribution >= 0.6 is 0 Å². The molecule has 140 valence electrons. The van der Waals surface area contributed by atoms with Gasteiger partial charge in [-0.3, -0.25) is 14.5 Å². The van der Waals surface area contributed by atoms with Gasteiger partial charge in [0.2, 0.25) is 5.91 Å². The lowest BCUT2D eigenvalue weighted by Gasteiger charge is -2.25. The molecule has 1 aromatic rings. The van der Waals surface area contributed by atoms with Crippen LogP contribution in [-0.4, -0.2) is 48.2 Å². The van der Waals surface area contributed by atoms with Crippen molar-refractivity contribution in [3.05, 3.63) is 29.6 Å². The molecule has 1 unspecified atom stereocenters. The van der Waals surface area contributed by atoms with Gasteiger partial charge < -0.3 is 15.2 Å². The Hall–Kier alpha value is -2.48. The molecule has 26 heavy (non-hydrogen) atoms. The number of nitrogens with zero attached hydrogens (tertiary/aromatic N) is 1. The second-order valence-corrected chi connectivity index (χ2v) is 6.72. The van der Waals surface area contributed by atoms with Crippen LogP contribution in [0.4, 0.5) is 14.9 Å². The number of hydrogen-bond donors (Lipinski definition) is 2. The maximum Gasteiger partial charge on any atom is 0.414 e. The maximum absolute atomic E-state index is 14.6. The standard InChI is InChI=1S/C18H21FN2O5/c1-10(22)20-8-13-9-21(18(25)26-13)12-3-4-14(15(19)7-12)11-2-5-16(23)17(24)6-11/h3-4,7,11,13,16,23H,2,5-6,8-9H2,1H3,(H,20,22)/t11-,13+,16?/m1/s1. The summed E-state index contributed by atoms with van der Waals surface area (Å²) in [6, 6.07) is 4.46. The molecule has 3 rings (SSSR count). The Kier molecular flexibility index (Phi) is 5.22. The molecule has 0 aromatic heterocycles. The van der Waals surface area contributed by atoms with Gasteiger partial charge in [0.25, 0.3) is 0 Å². The smallest absolute Gasteiger partial charge is 0.414 e. The second kappa shape index (κ2) is 7.41. The summed E-state index contributed by atoms with van der Waals surface area (Å²) in [6.45, 7) is 1.79. The summed E-state index contributed by atoms with van der Waals surface area (Å²) in [5.41, 5.74) is 0.778. The van der Waals surface area contributed by atoms with E-state index in [2.05, 4.69) is 5.32 Å². The Morgan fingerprint density at radius 3 is 2.81 bits per heavy atom. The first-order valence-electron chi connectivity index (χ1n) is 8.58. The van der Waals surface area contributed by atoms with Crippen molar-refractivity contribution < 1.29 is 28.6 Å². The van der Waals surface area contributed by atoms with Crippen molar-refractivity contribution in [1.82, 2.24) is 5.32 Å². The third-order valence-corrected chi connectivity index (χ3v) is 4.80. The van der Waals surface area contributed by atoms with Gasteiger partial charge >= 0.3 is 6.09 Å². The fourth-order valence-electron chi connectivity index (χ4n) is 3.38. The minimum Gasteiger partial charge on any atom is -0.442 e. The number of benzene rings is 1. The van der Waals surface area contributed by atoms with Crippen molar-refractivity contribution in [2.45, 2.75) is 44.3 Å². The first kappa shape index (κ1) is 18.3. The summed E-state index contributed by atoms with van der Waals surface area (Å²) in [6.07, 6.45) is -1.06. The molecule has 0 radical (unpaired) electrons. The quantitative estimate of drug-likeness (QED) is 0.844. The number of ether oxygens (including phenoxy) is 1. The van der Waals surface area contributed by atoms with Crippen LogP contribution in [0.25, 0.3) is 0 Å². The van der Waals surface area contributed by atoms with E-state index in [0.29, 0.717) is 24.1 Å². The number of anilines is 1. The summed E-state index contributed by atoms with van der Waals surface area (Å²) in [7, 11) is 0. The largest absolute Gasteiger partial charge is 0.442 e. The molecule has 0 bridgehead atoms. The number of amides is 2. The van der Waals surface area contributed by atoms with Crippen LogP contribution < -0.4 is 10.2 Å². The number of aliphatic hydroxyl groups is 1. The number of cyclic esters (lactones) is 1. The van der Waals surface area contributed by atoms with Gasteiger partial charge in [0.1, 0.15) is 18.0 Å². The molecule has 3 atom stereocenters. The monoisotopic (exact) mass is 364 g/mol. The van der Waals surface area contributed by atoms with Gasteiger partial charge in [-0.2, -0.15) is 0 Å². The van der Waals surface area contributed by atoms with Gasteiger partial charge in [-0.1, -0.05) is 6.07 Å². The van der Waals surface area contributed by atoms with E-state index in [9.17, 15) is 23.9 Å². The third-order valence-electron chi connectivity index (χ3n) is 4.80. The highest BCUT2D eigenvalue weighted by molar-refractivity contribution is 5.90. The highest BCUT2D eigenvalue weighted by Crippen LogP contribution is 2.34. The highest BCUT2D eigenvalue weighted by atomic mass is 19.1. The zero-order chi connectivity index (χ0) is 18.8. The molecule has 2 amide bonds. The number of halogens is 1. The van der Waals surface area contributed by atoms with E-state index in [1.807, 2.05) is 0 Å². The SMILES string of the molecule is CC(=O)NC[C@H]1CN(c2ccc([C@@H]3CCC(O)C(=O)C3)c(F)c2)C(=O)O1. The van der Waals surface area contributed by atoms with Gasteiger partial charge in [0, 0.05) is 13.3 Å².